The zero-order chi connectivity index (χ0) is 17.0. The van der Waals surface area contributed by atoms with E-state index < -0.39 is 12.0 Å². The highest BCUT2D eigenvalue weighted by molar-refractivity contribution is 5.96. The fourth-order valence-corrected chi connectivity index (χ4v) is 2.14. The van der Waals surface area contributed by atoms with Gasteiger partial charge in [0, 0.05) is 11.3 Å². The Kier molecular flexibility index (Phi) is 5.01. The van der Waals surface area contributed by atoms with Crippen LogP contribution in [0.25, 0.3) is 0 Å². The molecule has 120 valence electrons. The minimum absolute atomic E-state index is 0.267. The van der Waals surface area contributed by atoms with E-state index in [1.165, 1.54) is 0 Å². The number of amides is 2. The molecule has 0 heterocycles. The van der Waals surface area contributed by atoms with Gasteiger partial charge in [0.15, 0.2) is 6.10 Å². The molecule has 2 rings (SSSR count). The largest absolute Gasteiger partial charge is 0.481 e. The number of aryl methyl sites for hydroxylation is 2. The van der Waals surface area contributed by atoms with Crippen molar-refractivity contribution in [3.63, 3.8) is 0 Å². The third kappa shape index (κ3) is 4.32. The van der Waals surface area contributed by atoms with Crippen molar-refractivity contribution in [1.29, 1.82) is 0 Å². The summed E-state index contributed by atoms with van der Waals surface area (Å²) in [6.45, 7) is 5.63. The van der Waals surface area contributed by atoms with Gasteiger partial charge in [0.05, 0.1) is 0 Å². The van der Waals surface area contributed by atoms with E-state index in [1.807, 2.05) is 32.0 Å². The molecule has 2 aromatic carbocycles. The van der Waals surface area contributed by atoms with E-state index in [0.29, 0.717) is 17.0 Å². The summed E-state index contributed by atoms with van der Waals surface area (Å²) in [5, 5.41) is 2.74. The van der Waals surface area contributed by atoms with Crippen molar-refractivity contribution in [3.8, 4) is 5.75 Å². The Bertz CT molecular complexity index is 724. The summed E-state index contributed by atoms with van der Waals surface area (Å²) >= 11 is 0. The molecule has 0 radical (unpaired) electrons. The molecule has 2 aromatic rings. The van der Waals surface area contributed by atoms with Gasteiger partial charge in [0.2, 0.25) is 5.91 Å². The van der Waals surface area contributed by atoms with Crippen molar-refractivity contribution in [2.75, 3.05) is 5.32 Å². The molecule has 1 unspecified atom stereocenters. The van der Waals surface area contributed by atoms with Gasteiger partial charge in [-0.15, -0.1) is 0 Å². The maximum atomic E-state index is 12.2. The van der Waals surface area contributed by atoms with Gasteiger partial charge in [0.25, 0.3) is 5.91 Å². The smallest absolute Gasteiger partial charge is 0.265 e. The van der Waals surface area contributed by atoms with Crippen LogP contribution >= 0.6 is 0 Å². The van der Waals surface area contributed by atoms with Crippen LogP contribution in [-0.4, -0.2) is 17.9 Å². The minimum Gasteiger partial charge on any atom is -0.481 e. The van der Waals surface area contributed by atoms with E-state index in [1.54, 1.807) is 31.2 Å². The quantitative estimate of drug-likeness (QED) is 0.890. The highest BCUT2D eigenvalue weighted by Gasteiger charge is 2.16. The number of hydrogen-bond donors (Lipinski definition) is 2. The number of carbonyl (C=O) groups excluding carboxylic acids is 2. The van der Waals surface area contributed by atoms with Crippen molar-refractivity contribution in [2.45, 2.75) is 26.9 Å². The molecule has 0 bridgehead atoms. The second kappa shape index (κ2) is 6.96. The molecule has 0 saturated heterocycles. The van der Waals surface area contributed by atoms with Crippen molar-refractivity contribution in [2.24, 2.45) is 5.73 Å². The molecule has 0 aliphatic carbocycles. The second-order valence-electron chi connectivity index (χ2n) is 5.46. The number of carbonyl (C=O) groups is 2. The molecule has 23 heavy (non-hydrogen) atoms. The van der Waals surface area contributed by atoms with Gasteiger partial charge in [-0.3, -0.25) is 9.59 Å². The Morgan fingerprint density at radius 2 is 1.74 bits per heavy atom. The van der Waals surface area contributed by atoms with Gasteiger partial charge >= 0.3 is 0 Å². The van der Waals surface area contributed by atoms with Crippen LogP contribution in [0.15, 0.2) is 42.5 Å². The normalized spacial score (nSPS) is 11.6. The fourth-order valence-electron chi connectivity index (χ4n) is 2.14. The first-order valence-electron chi connectivity index (χ1n) is 7.31. The van der Waals surface area contributed by atoms with Crippen LogP contribution in [0.5, 0.6) is 5.75 Å². The first-order valence-corrected chi connectivity index (χ1v) is 7.31. The molecule has 0 spiro atoms. The number of nitrogens with two attached hydrogens (primary N) is 1. The second-order valence-corrected chi connectivity index (χ2v) is 5.46. The summed E-state index contributed by atoms with van der Waals surface area (Å²) in [6.07, 6.45) is -0.646. The lowest BCUT2D eigenvalue weighted by atomic mass is 10.1. The molecule has 1 atom stereocenters. The van der Waals surface area contributed by atoms with Crippen molar-refractivity contribution in [1.82, 2.24) is 0 Å². The molecule has 0 saturated carbocycles. The van der Waals surface area contributed by atoms with E-state index in [9.17, 15) is 9.59 Å². The lowest BCUT2D eigenvalue weighted by Crippen LogP contribution is -2.30. The average Bonchev–Trinajstić information content (AvgIpc) is 2.50. The Hall–Kier alpha value is -2.82. The molecule has 5 nitrogen and oxygen atoms in total. The third-order valence-electron chi connectivity index (χ3n) is 3.44. The Balaban J connectivity index is 2.00. The zero-order valence-electron chi connectivity index (χ0n) is 13.4. The van der Waals surface area contributed by atoms with Crippen LogP contribution in [-0.2, 0) is 4.79 Å². The third-order valence-corrected chi connectivity index (χ3v) is 3.44. The first kappa shape index (κ1) is 16.5. The average molecular weight is 312 g/mol. The summed E-state index contributed by atoms with van der Waals surface area (Å²) in [6, 6.07) is 12.2. The maximum Gasteiger partial charge on any atom is 0.265 e. The van der Waals surface area contributed by atoms with E-state index in [0.717, 1.165) is 11.1 Å². The standard InChI is InChI=1S/C18H20N2O3/c1-11-4-9-16(12(2)10-11)23-13(3)18(22)20-15-7-5-14(6-8-15)17(19)21/h4-10,13H,1-3H3,(H2,19,21)(H,20,22). The number of nitrogens with one attached hydrogen (secondary N) is 1. The molecule has 2 amide bonds. The molecular formula is C18H20N2O3. The van der Waals surface area contributed by atoms with Crippen LogP contribution in [0, 0.1) is 13.8 Å². The lowest BCUT2D eigenvalue weighted by Gasteiger charge is -2.16. The summed E-state index contributed by atoms with van der Waals surface area (Å²) in [4.78, 5) is 23.2. The molecule has 3 N–H and O–H groups in total. The zero-order valence-corrected chi connectivity index (χ0v) is 13.4. The van der Waals surface area contributed by atoms with Crippen LogP contribution in [0.3, 0.4) is 0 Å². The lowest BCUT2D eigenvalue weighted by molar-refractivity contribution is -0.122. The van der Waals surface area contributed by atoms with Crippen molar-refractivity contribution in [3.05, 3.63) is 59.2 Å². The topological polar surface area (TPSA) is 81.4 Å². The first-order chi connectivity index (χ1) is 10.9. The minimum atomic E-state index is -0.646. The van der Waals surface area contributed by atoms with Gasteiger partial charge in [-0.1, -0.05) is 17.7 Å². The Labute approximate surface area is 135 Å². The summed E-state index contributed by atoms with van der Waals surface area (Å²) in [5.41, 5.74) is 8.27. The molecule has 5 heteroatoms. The molecule has 0 aromatic heterocycles. The van der Waals surface area contributed by atoms with Crippen LogP contribution in [0.1, 0.15) is 28.4 Å². The number of hydrogen-bond acceptors (Lipinski definition) is 3. The van der Waals surface area contributed by atoms with Crippen molar-refractivity contribution < 1.29 is 14.3 Å². The summed E-state index contributed by atoms with van der Waals surface area (Å²) in [5.74, 6) is -0.0893. The van der Waals surface area contributed by atoms with Crippen LogP contribution in [0.4, 0.5) is 5.69 Å². The molecule has 0 aliphatic rings. The Morgan fingerprint density at radius 1 is 1.09 bits per heavy atom. The molecule has 0 fully saturated rings. The fraction of sp³-hybridized carbons (Fsp3) is 0.222. The maximum absolute atomic E-state index is 12.2. The number of anilines is 1. The summed E-state index contributed by atoms with van der Waals surface area (Å²) in [7, 11) is 0. The van der Waals surface area contributed by atoms with E-state index >= 15 is 0 Å². The van der Waals surface area contributed by atoms with Gasteiger partial charge in [-0.2, -0.15) is 0 Å². The highest BCUT2D eigenvalue weighted by Crippen LogP contribution is 2.20. The van der Waals surface area contributed by atoms with Gasteiger partial charge in [-0.05, 0) is 56.7 Å². The van der Waals surface area contributed by atoms with Gasteiger partial charge < -0.3 is 15.8 Å². The van der Waals surface area contributed by atoms with Gasteiger partial charge in [-0.25, -0.2) is 0 Å². The van der Waals surface area contributed by atoms with E-state index in [-0.39, 0.29) is 5.91 Å². The van der Waals surface area contributed by atoms with E-state index in [4.69, 9.17) is 10.5 Å². The van der Waals surface area contributed by atoms with Crippen molar-refractivity contribution >= 4 is 17.5 Å². The number of rotatable bonds is 5. The summed E-state index contributed by atoms with van der Waals surface area (Å²) < 4.78 is 5.71. The van der Waals surface area contributed by atoms with E-state index in [2.05, 4.69) is 5.32 Å². The van der Waals surface area contributed by atoms with Crippen LogP contribution in [0.2, 0.25) is 0 Å². The monoisotopic (exact) mass is 312 g/mol. The number of benzene rings is 2. The predicted molar refractivity (Wildman–Crippen MR) is 89.6 cm³/mol. The highest BCUT2D eigenvalue weighted by atomic mass is 16.5. The van der Waals surface area contributed by atoms with Gasteiger partial charge in [0.1, 0.15) is 5.75 Å². The number of primary amides is 1. The SMILES string of the molecule is Cc1ccc(OC(C)C(=O)Nc2ccc(C(N)=O)cc2)c(C)c1. The molecular weight excluding hydrogens is 292 g/mol. The molecule has 0 aliphatic heterocycles. The van der Waals surface area contributed by atoms with Crippen LogP contribution < -0.4 is 15.8 Å². The predicted octanol–water partition coefficient (Wildman–Crippen LogP) is 2.81. The Morgan fingerprint density at radius 3 is 2.30 bits per heavy atom. The number of ether oxygens (including phenoxy) is 1.